The van der Waals surface area contributed by atoms with E-state index in [-0.39, 0.29) is 39.7 Å². The van der Waals surface area contributed by atoms with Crippen LogP contribution in [0.3, 0.4) is 0 Å². The lowest BCUT2D eigenvalue weighted by molar-refractivity contribution is 0.334. The number of fused-ring (bicyclic) bond motifs is 1. The monoisotopic (exact) mass is 360 g/mol. The van der Waals surface area contributed by atoms with Gasteiger partial charge in [0.05, 0.1) is 21.3 Å². The summed E-state index contributed by atoms with van der Waals surface area (Å²) in [5, 5.41) is 30.1. The molecule has 0 fully saturated rings. The first-order valence-electron chi connectivity index (χ1n) is 7.44. The molecule has 0 atom stereocenters. The van der Waals surface area contributed by atoms with Crippen molar-refractivity contribution in [2.75, 3.05) is 21.3 Å². The van der Waals surface area contributed by atoms with E-state index < -0.39 is 16.9 Å². The fraction of sp³-hybridized carbons (Fsp3) is 0.167. The van der Waals surface area contributed by atoms with Gasteiger partial charge in [-0.1, -0.05) is 0 Å². The summed E-state index contributed by atoms with van der Waals surface area (Å²) >= 11 is 0. The van der Waals surface area contributed by atoms with Crippen molar-refractivity contribution in [3.63, 3.8) is 0 Å². The summed E-state index contributed by atoms with van der Waals surface area (Å²) in [5.41, 5.74) is -0.554. The van der Waals surface area contributed by atoms with Gasteiger partial charge in [-0.25, -0.2) is 0 Å². The number of phenolic OH excluding ortho intramolecular Hbond substituents is 2. The van der Waals surface area contributed by atoms with Crippen LogP contribution in [0.2, 0.25) is 0 Å². The third-order valence-electron chi connectivity index (χ3n) is 3.92. The number of ether oxygens (including phenoxy) is 3. The molecular formula is C18H16O8. The van der Waals surface area contributed by atoms with Crippen molar-refractivity contribution in [1.82, 2.24) is 0 Å². The van der Waals surface area contributed by atoms with Crippen molar-refractivity contribution >= 4 is 11.0 Å². The zero-order valence-electron chi connectivity index (χ0n) is 14.2. The minimum atomic E-state index is -0.841. The number of rotatable bonds is 4. The number of hydrogen-bond acceptors (Lipinski definition) is 8. The van der Waals surface area contributed by atoms with Crippen LogP contribution < -0.4 is 19.6 Å². The lowest BCUT2D eigenvalue weighted by atomic mass is 10.1. The Kier molecular flexibility index (Phi) is 4.25. The van der Waals surface area contributed by atoms with Gasteiger partial charge < -0.3 is 33.9 Å². The largest absolute Gasteiger partial charge is 0.504 e. The molecule has 0 radical (unpaired) electrons. The average molecular weight is 360 g/mol. The summed E-state index contributed by atoms with van der Waals surface area (Å²) in [4.78, 5) is 12.6. The Hall–Kier alpha value is -3.55. The highest BCUT2D eigenvalue weighted by Gasteiger charge is 2.23. The highest BCUT2D eigenvalue weighted by atomic mass is 16.5. The molecule has 0 aliphatic rings. The molecule has 1 aromatic heterocycles. The smallest absolute Gasteiger partial charge is 0.238 e. The van der Waals surface area contributed by atoms with Gasteiger partial charge in [0.15, 0.2) is 28.8 Å². The normalized spacial score (nSPS) is 10.7. The molecule has 0 bridgehead atoms. The van der Waals surface area contributed by atoms with Gasteiger partial charge in [0.1, 0.15) is 11.0 Å². The van der Waals surface area contributed by atoms with E-state index in [2.05, 4.69) is 0 Å². The Morgan fingerprint density at radius 3 is 2.19 bits per heavy atom. The minimum Gasteiger partial charge on any atom is -0.504 e. The van der Waals surface area contributed by atoms with Gasteiger partial charge in [-0.05, 0) is 18.2 Å². The lowest BCUT2D eigenvalue weighted by Gasteiger charge is -2.13. The van der Waals surface area contributed by atoms with E-state index in [0.29, 0.717) is 5.56 Å². The molecule has 3 rings (SSSR count). The van der Waals surface area contributed by atoms with E-state index in [0.717, 1.165) is 0 Å². The molecule has 0 saturated carbocycles. The van der Waals surface area contributed by atoms with Crippen LogP contribution in [0.1, 0.15) is 0 Å². The fourth-order valence-electron chi connectivity index (χ4n) is 2.65. The van der Waals surface area contributed by atoms with Gasteiger partial charge in [-0.2, -0.15) is 0 Å². The zero-order chi connectivity index (χ0) is 19.0. The quantitative estimate of drug-likeness (QED) is 0.650. The third-order valence-corrected chi connectivity index (χ3v) is 3.92. The van der Waals surface area contributed by atoms with Crippen molar-refractivity contribution in [2.45, 2.75) is 0 Å². The predicted molar refractivity (Wildman–Crippen MR) is 92.6 cm³/mol. The van der Waals surface area contributed by atoms with E-state index in [4.69, 9.17) is 18.6 Å². The maximum atomic E-state index is 12.6. The summed E-state index contributed by atoms with van der Waals surface area (Å²) in [6.45, 7) is 0. The highest BCUT2D eigenvalue weighted by Crippen LogP contribution is 2.44. The SMILES string of the molecule is COc1cc(-c2oc3cc(OC)c(OC)c(O)c3c(=O)c2O)ccc1O. The molecule has 136 valence electrons. The Bertz CT molecular complexity index is 1050. The molecule has 2 aromatic carbocycles. The molecule has 1 heterocycles. The number of phenols is 2. The first-order chi connectivity index (χ1) is 12.4. The number of methoxy groups -OCH3 is 3. The van der Waals surface area contributed by atoms with E-state index in [9.17, 15) is 20.1 Å². The van der Waals surface area contributed by atoms with Gasteiger partial charge in [-0.3, -0.25) is 4.79 Å². The van der Waals surface area contributed by atoms with Crippen LogP contribution in [0.25, 0.3) is 22.3 Å². The first kappa shape index (κ1) is 17.3. The van der Waals surface area contributed by atoms with Crippen molar-refractivity contribution in [1.29, 1.82) is 0 Å². The molecule has 3 aromatic rings. The second-order valence-electron chi connectivity index (χ2n) is 5.33. The van der Waals surface area contributed by atoms with Crippen molar-refractivity contribution in [3.8, 4) is 45.8 Å². The van der Waals surface area contributed by atoms with Gasteiger partial charge in [0, 0.05) is 11.6 Å². The van der Waals surface area contributed by atoms with E-state index >= 15 is 0 Å². The van der Waals surface area contributed by atoms with E-state index in [1.54, 1.807) is 0 Å². The molecule has 0 spiro atoms. The van der Waals surface area contributed by atoms with Gasteiger partial charge in [-0.15, -0.1) is 0 Å². The maximum absolute atomic E-state index is 12.6. The van der Waals surface area contributed by atoms with Crippen LogP contribution in [0.5, 0.6) is 34.5 Å². The number of benzene rings is 2. The fourth-order valence-corrected chi connectivity index (χ4v) is 2.65. The van der Waals surface area contributed by atoms with Gasteiger partial charge in [0.25, 0.3) is 0 Å². The molecule has 8 nitrogen and oxygen atoms in total. The van der Waals surface area contributed by atoms with E-state index in [1.165, 1.54) is 45.6 Å². The number of hydrogen-bond donors (Lipinski definition) is 3. The second kappa shape index (κ2) is 6.40. The molecule has 26 heavy (non-hydrogen) atoms. The first-order valence-corrected chi connectivity index (χ1v) is 7.44. The van der Waals surface area contributed by atoms with Crippen LogP contribution >= 0.6 is 0 Å². The Morgan fingerprint density at radius 1 is 0.885 bits per heavy atom. The molecule has 0 amide bonds. The molecule has 0 unspecified atom stereocenters. The summed E-state index contributed by atoms with van der Waals surface area (Å²) in [5.74, 6) is -1.21. The summed E-state index contributed by atoms with van der Waals surface area (Å²) in [6.07, 6.45) is 0. The van der Waals surface area contributed by atoms with Crippen LogP contribution in [0, 0.1) is 0 Å². The maximum Gasteiger partial charge on any atom is 0.238 e. The van der Waals surface area contributed by atoms with Crippen LogP contribution in [0.15, 0.2) is 33.5 Å². The Labute approximate surface area is 147 Å². The van der Waals surface area contributed by atoms with Crippen LogP contribution in [-0.4, -0.2) is 36.6 Å². The van der Waals surface area contributed by atoms with Crippen molar-refractivity contribution in [3.05, 3.63) is 34.5 Å². The number of aromatic hydroxyl groups is 3. The molecular weight excluding hydrogens is 344 g/mol. The van der Waals surface area contributed by atoms with E-state index in [1.807, 2.05) is 0 Å². The zero-order valence-corrected chi connectivity index (χ0v) is 14.2. The molecule has 8 heteroatoms. The van der Waals surface area contributed by atoms with Gasteiger partial charge >= 0.3 is 0 Å². The topological polar surface area (TPSA) is 119 Å². The van der Waals surface area contributed by atoms with Crippen LogP contribution in [0.4, 0.5) is 0 Å². The lowest BCUT2D eigenvalue weighted by Crippen LogP contribution is -2.04. The third kappa shape index (κ3) is 2.52. The highest BCUT2D eigenvalue weighted by molar-refractivity contribution is 5.91. The predicted octanol–water partition coefficient (Wildman–Crippen LogP) is 2.60. The minimum absolute atomic E-state index is 0.00927. The molecule has 0 aliphatic carbocycles. The molecule has 0 aliphatic heterocycles. The summed E-state index contributed by atoms with van der Waals surface area (Å²) in [6, 6.07) is 5.56. The second-order valence-corrected chi connectivity index (χ2v) is 5.33. The standard InChI is InChI=1S/C18H16O8/c1-23-10-6-8(4-5-9(10)19)17-16(22)14(20)13-11(26-17)7-12(24-2)18(25-3)15(13)21/h4-7,19,21-22H,1-3H3. The Balaban J connectivity index is 2.36. The average Bonchev–Trinajstić information content (AvgIpc) is 2.64. The summed E-state index contributed by atoms with van der Waals surface area (Å²) in [7, 11) is 4.04. The van der Waals surface area contributed by atoms with Crippen molar-refractivity contribution in [2.24, 2.45) is 0 Å². The van der Waals surface area contributed by atoms with Crippen molar-refractivity contribution < 1.29 is 33.9 Å². The van der Waals surface area contributed by atoms with Crippen LogP contribution in [-0.2, 0) is 0 Å². The Morgan fingerprint density at radius 2 is 1.58 bits per heavy atom. The molecule has 3 N–H and O–H groups in total. The summed E-state index contributed by atoms with van der Waals surface area (Å²) < 4.78 is 20.8. The molecule has 0 saturated heterocycles. The van der Waals surface area contributed by atoms with Gasteiger partial charge in [0.2, 0.25) is 16.9 Å².